The van der Waals surface area contributed by atoms with E-state index >= 15 is 0 Å². The van der Waals surface area contributed by atoms with Crippen molar-refractivity contribution in [1.29, 1.82) is 0 Å². The largest absolute Gasteiger partial charge is 0.345 e. The van der Waals surface area contributed by atoms with Crippen LogP contribution in [0.15, 0.2) is 34.5 Å². The van der Waals surface area contributed by atoms with E-state index in [1.807, 2.05) is 0 Å². The number of H-pyrrole nitrogens is 1. The number of carbonyl (C=O) groups is 1. The molecule has 0 spiro atoms. The summed E-state index contributed by atoms with van der Waals surface area (Å²) in [5, 5.41) is 3.96. The maximum Gasteiger partial charge on any atom is 0.261 e. The number of benzene rings is 1. The van der Waals surface area contributed by atoms with Crippen molar-refractivity contribution in [2.75, 3.05) is 5.75 Å². The van der Waals surface area contributed by atoms with Crippen molar-refractivity contribution in [2.24, 2.45) is 0 Å². The number of hydrogen-bond donors (Lipinski definition) is 2. The van der Waals surface area contributed by atoms with E-state index in [0.29, 0.717) is 10.9 Å². The lowest BCUT2D eigenvalue weighted by molar-refractivity contribution is 0.0946. The molecule has 4 rings (SSSR count). The minimum absolute atomic E-state index is 0.0966. The van der Waals surface area contributed by atoms with E-state index in [1.54, 1.807) is 12.1 Å². The molecule has 0 radical (unpaired) electrons. The van der Waals surface area contributed by atoms with E-state index in [2.05, 4.69) is 10.3 Å². The van der Waals surface area contributed by atoms with E-state index in [4.69, 9.17) is 0 Å². The molecule has 6 nitrogen and oxygen atoms in total. The number of hydrogen-bond acceptors (Lipinski definition) is 4. The second kappa shape index (κ2) is 6.05. The molecule has 1 aromatic carbocycles. The molecule has 136 valence electrons. The number of halogens is 1. The molecular weight excluding hydrogens is 359 g/mol. The second-order valence-corrected chi connectivity index (χ2v) is 8.74. The van der Waals surface area contributed by atoms with E-state index in [-0.39, 0.29) is 22.8 Å². The van der Waals surface area contributed by atoms with Gasteiger partial charge in [0.1, 0.15) is 5.56 Å². The Morgan fingerprint density at radius 3 is 2.65 bits per heavy atom. The van der Waals surface area contributed by atoms with Crippen LogP contribution in [0.1, 0.15) is 41.1 Å². The molecule has 0 unspecified atom stereocenters. The van der Waals surface area contributed by atoms with Gasteiger partial charge in [0.2, 0.25) is 0 Å². The van der Waals surface area contributed by atoms with Gasteiger partial charge in [-0.3, -0.25) is 9.59 Å². The van der Waals surface area contributed by atoms with Crippen LogP contribution in [0.2, 0.25) is 0 Å². The summed E-state index contributed by atoms with van der Waals surface area (Å²) in [6.07, 6.45) is 4.31. The number of rotatable bonds is 3. The first-order chi connectivity index (χ1) is 12.3. The minimum Gasteiger partial charge on any atom is -0.345 e. The van der Waals surface area contributed by atoms with Gasteiger partial charge in [0, 0.05) is 10.8 Å². The Kier molecular flexibility index (Phi) is 3.95. The maximum atomic E-state index is 14.7. The molecule has 1 aromatic heterocycles. The van der Waals surface area contributed by atoms with Gasteiger partial charge < -0.3 is 10.3 Å². The van der Waals surface area contributed by atoms with Crippen molar-refractivity contribution in [1.82, 2.24) is 10.3 Å². The lowest BCUT2D eigenvalue weighted by atomic mass is 9.79. The van der Waals surface area contributed by atoms with Crippen LogP contribution in [0.4, 0.5) is 4.39 Å². The summed E-state index contributed by atoms with van der Waals surface area (Å²) in [6.45, 7) is 0. The number of amides is 1. The van der Waals surface area contributed by atoms with E-state index in [9.17, 15) is 22.4 Å². The summed E-state index contributed by atoms with van der Waals surface area (Å²) < 4.78 is 37.5. The van der Waals surface area contributed by atoms with Crippen LogP contribution in [0.3, 0.4) is 0 Å². The van der Waals surface area contributed by atoms with Crippen molar-refractivity contribution in [3.8, 4) is 0 Å². The third-order valence-corrected chi connectivity index (χ3v) is 6.42. The van der Waals surface area contributed by atoms with Crippen LogP contribution in [-0.2, 0) is 9.84 Å². The van der Waals surface area contributed by atoms with E-state index < -0.39 is 33.2 Å². The third-order valence-electron chi connectivity index (χ3n) is 5.02. The first-order valence-electron chi connectivity index (χ1n) is 8.41. The Morgan fingerprint density at radius 2 is 2.04 bits per heavy atom. The number of sulfone groups is 1. The Balaban J connectivity index is 1.66. The first kappa shape index (κ1) is 17.0. The topological polar surface area (TPSA) is 96.1 Å². The van der Waals surface area contributed by atoms with Crippen molar-refractivity contribution >= 4 is 26.6 Å². The summed E-state index contributed by atoms with van der Waals surface area (Å²) >= 11 is 0. The average Bonchev–Trinajstić information content (AvgIpc) is 2.87. The minimum atomic E-state index is -3.31. The second-order valence-electron chi connectivity index (χ2n) is 6.81. The Labute approximate surface area is 149 Å². The van der Waals surface area contributed by atoms with Crippen LogP contribution in [-0.4, -0.2) is 31.1 Å². The van der Waals surface area contributed by atoms with Crippen LogP contribution in [0, 0.1) is 5.82 Å². The molecule has 1 saturated carbocycles. The van der Waals surface area contributed by atoms with Gasteiger partial charge in [0.05, 0.1) is 17.3 Å². The van der Waals surface area contributed by atoms with Gasteiger partial charge in [-0.05, 0) is 36.5 Å². The summed E-state index contributed by atoms with van der Waals surface area (Å²) in [5.41, 5.74) is -0.187. The molecule has 0 saturated heterocycles. The molecule has 2 aliphatic rings. The van der Waals surface area contributed by atoms with Crippen LogP contribution in [0.25, 0.3) is 10.9 Å². The van der Waals surface area contributed by atoms with Gasteiger partial charge in [-0.1, -0.05) is 18.6 Å². The predicted octanol–water partition coefficient (Wildman–Crippen LogP) is 1.98. The zero-order valence-corrected chi connectivity index (χ0v) is 14.6. The zero-order chi connectivity index (χ0) is 18.5. The van der Waals surface area contributed by atoms with Crippen molar-refractivity contribution in [2.45, 2.75) is 31.2 Å². The lowest BCUT2D eigenvalue weighted by Crippen LogP contribution is -2.38. The summed E-state index contributed by atoms with van der Waals surface area (Å²) in [7, 11) is -3.31. The molecule has 0 bridgehead atoms. The van der Waals surface area contributed by atoms with Crippen molar-refractivity contribution in [3.63, 3.8) is 0 Å². The smallest absolute Gasteiger partial charge is 0.261 e. The van der Waals surface area contributed by atoms with Crippen molar-refractivity contribution < 1.29 is 17.6 Å². The number of nitrogens with one attached hydrogen (secondary N) is 2. The van der Waals surface area contributed by atoms with Crippen molar-refractivity contribution in [3.05, 3.63) is 57.0 Å². The van der Waals surface area contributed by atoms with Gasteiger partial charge in [-0.2, -0.15) is 0 Å². The molecule has 1 aliphatic carbocycles. The molecule has 26 heavy (non-hydrogen) atoms. The number of aromatic nitrogens is 1. The third kappa shape index (κ3) is 2.94. The molecule has 1 amide bonds. The number of carbonyl (C=O) groups excluding carboxylic acids is 1. The molecule has 2 aromatic rings. The highest BCUT2D eigenvalue weighted by molar-refractivity contribution is 7.94. The summed E-state index contributed by atoms with van der Waals surface area (Å²) in [6, 6.07) is 4.05. The molecule has 2 heterocycles. The Hall–Kier alpha value is -2.48. The number of fused-ring (bicyclic) bond motifs is 1. The monoisotopic (exact) mass is 376 g/mol. The fourth-order valence-corrected chi connectivity index (χ4v) is 4.61. The lowest BCUT2D eigenvalue weighted by Gasteiger charge is -2.26. The van der Waals surface area contributed by atoms with Gasteiger partial charge in [-0.15, -0.1) is 0 Å². The normalized spacial score (nSPS) is 21.7. The number of pyridine rings is 1. The molecule has 2 N–H and O–H groups in total. The number of aromatic amines is 1. The highest BCUT2D eigenvalue weighted by Gasteiger charge is 2.26. The standard InChI is InChI=1S/C18H17FN2O4S/c19-15-13(10-2-1-3-10)5-4-11-8-14(18(23)21-16(11)15)17(22)20-12-6-7-26(24,25)9-12/h4-8,10,12H,1-3,9H2,(H,20,22)(H,21,23)/t12-/m1/s1. The summed E-state index contributed by atoms with van der Waals surface area (Å²) in [4.78, 5) is 27.1. The van der Waals surface area contributed by atoms with Crippen LogP contribution < -0.4 is 10.9 Å². The first-order valence-corrected chi connectivity index (χ1v) is 10.1. The summed E-state index contributed by atoms with van der Waals surface area (Å²) in [5.74, 6) is -1.18. The average molecular weight is 376 g/mol. The molecular formula is C18H17FN2O4S. The quantitative estimate of drug-likeness (QED) is 0.856. The van der Waals surface area contributed by atoms with Gasteiger partial charge in [0.25, 0.3) is 11.5 Å². The van der Waals surface area contributed by atoms with E-state index in [0.717, 1.165) is 24.7 Å². The van der Waals surface area contributed by atoms with E-state index in [1.165, 1.54) is 12.1 Å². The highest BCUT2D eigenvalue weighted by Crippen LogP contribution is 2.38. The van der Waals surface area contributed by atoms with Gasteiger partial charge in [0.15, 0.2) is 15.7 Å². The van der Waals surface area contributed by atoms with Gasteiger partial charge >= 0.3 is 0 Å². The molecule has 8 heteroatoms. The maximum absolute atomic E-state index is 14.7. The fourth-order valence-electron chi connectivity index (χ4n) is 3.37. The Morgan fingerprint density at radius 1 is 1.27 bits per heavy atom. The molecule has 1 aliphatic heterocycles. The zero-order valence-electron chi connectivity index (χ0n) is 13.8. The highest BCUT2D eigenvalue weighted by atomic mass is 32.2. The molecule has 1 atom stereocenters. The SMILES string of the molecule is O=C(N[C@@H]1C=CS(=O)(=O)C1)c1cc2ccc(C3CCC3)c(F)c2[nH]c1=O. The fraction of sp³-hybridized carbons (Fsp3) is 0.333. The van der Waals surface area contributed by atoms with Crippen LogP contribution in [0.5, 0.6) is 0 Å². The predicted molar refractivity (Wildman–Crippen MR) is 95.3 cm³/mol. The molecule has 1 fully saturated rings. The van der Waals surface area contributed by atoms with Crippen LogP contribution >= 0.6 is 0 Å². The van der Waals surface area contributed by atoms with Gasteiger partial charge in [-0.25, -0.2) is 12.8 Å². The Bertz CT molecular complexity index is 1100.